The molecule has 0 saturated heterocycles. The summed E-state index contributed by atoms with van der Waals surface area (Å²) in [6.07, 6.45) is 0. The van der Waals surface area contributed by atoms with Crippen molar-refractivity contribution in [3.8, 4) is 0 Å². The Balaban J connectivity index is 1.93. The molecule has 3 rings (SSSR count). The van der Waals surface area contributed by atoms with Gasteiger partial charge in [0.1, 0.15) is 6.54 Å². The second kappa shape index (κ2) is 8.68. The molecule has 0 spiro atoms. The molecule has 0 heterocycles. The van der Waals surface area contributed by atoms with Gasteiger partial charge in [0.15, 0.2) is 0 Å². The van der Waals surface area contributed by atoms with E-state index in [-0.39, 0.29) is 11.4 Å². The molecule has 0 radical (unpaired) electrons. The first kappa shape index (κ1) is 20.9. The number of hydrogen-bond acceptors (Lipinski definition) is 3. The lowest BCUT2D eigenvalue weighted by molar-refractivity contribution is -0.114. The van der Waals surface area contributed by atoms with Crippen molar-refractivity contribution in [2.24, 2.45) is 0 Å². The molecule has 0 bridgehead atoms. The first-order chi connectivity index (χ1) is 13.8. The third kappa shape index (κ3) is 4.78. The van der Waals surface area contributed by atoms with Crippen LogP contribution < -0.4 is 9.62 Å². The number of nitrogens with zero attached hydrogens (tertiary/aromatic N) is 1. The van der Waals surface area contributed by atoms with E-state index in [1.54, 1.807) is 79.7 Å². The number of hydrogen-bond donors (Lipinski definition) is 1. The minimum absolute atomic E-state index is 0.124. The van der Waals surface area contributed by atoms with Crippen molar-refractivity contribution >= 4 is 38.9 Å². The number of carbonyl (C=O) groups excluding carboxylic acids is 1. The van der Waals surface area contributed by atoms with E-state index in [9.17, 15) is 13.2 Å². The van der Waals surface area contributed by atoms with Crippen LogP contribution in [0.5, 0.6) is 0 Å². The molecule has 1 amide bonds. The number of carbonyl (C=O) groups is 1. The highest BCUT2D eigenvalue weighted by Crippen LogP contribution is 2.25. The second-order valence-corrected chi connectivity index (χ2v) is 8.89. The van der Waals surface area contributed by atoms with Crippen molar-refractivity contribution < 1.29 is 13.2 Å². The van der Waals surface area contributed by atoms with Crippen LogP contribution in [0.4, 0.5) is 11.4 Å². The van der Waals surface area contributed by atoms with Crippen molar-refractivity contribution in [3.63, 3.8) is 0 Å². The fourth-order valence-electron chi connectivity index (χ4n) is 2.81. The number of aryl methyl sites for hydroxylation is 1. The predicted octanol–water partition coefficient (Wildman–Crippen LogP) is 4.79. The van der Waals surface area contributed by atoms with Crippen molar-refractivity contribution in [2.75, 3.05) is 16.2 Å². The quantitative estimate of drug-likeness (QED) is 0.613. The van der Waals surface area contributed by atoms with E-state index in [4.69, 9.17) is 11.6 Å². The lowest BCUT2D eigenvalue weighted by Gasteiger charge is -2.24. The zero-order valence-electron chi connectivity index (χ0n) is 16.1. The fourth-order valence-corrected chi connectivity index (χ4v) is 4.41. The van der Waals surface area contributed by atoms with E-state index in [2.05, 4.69) is 5.32 Å². The number of benzene rings is 3. The summed E-state index contributed by atoms with van der Waals surface area (Å²) in [4.78, 5) is 12.9. The van der Waals surface area contributed by atoms with Crippen LogP contribution in [0.3, 0.4) is 0 Å². The molecule has 0 aromatic heterocycles. The summed E-state index contributed by atoms with van der Waals surface area (Å²) in [5, 5.41) is 3.28. The standard InChI is InChI=1S/C22H21ClN2O3S/c1-16-11-13-19(14-12-16)29(27,28)25(18-7-4-3-5-8-18)15-22(26)24-21-10-6-9-20(23)17(21)2/h3-14H,15H2,1-2H3,(H,24,26). The largest absolute Gasteiger partial charge is 0.324 e. The van der Waals surface area contributed by atoms with Gasteiger partial charge in [-0.15, -0.1) is 0 Å². The summed E-state index contributed by atoms with van der Waals surface area (Å²) < 4.78 is 27.7. The zero-order valence-corrected chi connectivity index (χ0v) is 17.7. The van der Waals surface area contributed by atoms with E-state index in [0.29, 0.717) is 16.4 Å². The molecule has 0 atom stereocenters. The molecule has 29 heavy (non-hydrogen) atoms. The Morgan fingerprint density at radius 2 is 1.59 bits per heavy atom. The number of para-hydroxylation sites is 1. The number of rotatable bonds is 6. The third-order valence-electron chi connectivity index (χ3n) is 4.48. The monoisotopic (exact) mass is 428 g/mol. The molecular weight excluding hydrogens is 408 g/mol. The van der Waals surface area contributed by atoms with Gasteiger partial charge in [0.05, 0.1) is 10.6 Å². The highest BCUT2D eigenvalue weighted by atomic mass is 35.5. The van der Waals surface area contributed by atoms with Crippen LogP contribution in [-0.2, 0) is 14.8 Å². The summed E-state index contributed by atoms with van der Waals surface area (Å²) in [7, 11) is -3.93. The molecule has 0 unspecified atom stereocenters. The lowest BCUT2D eigenvalue weighted by Crippen LogP contribution is -2.38. The molecular formula is C22H21ClN2O3S. The second-order valence-electron chi connectivity index (χ2n) is 6.62. The van der Waals surface area contributed by atoms with Gasteiger partial charge in [0, 0.05) is 10.7 Å². The molecule has 0 aliphatic rings. The number of nitrogens with one attached hydrogen (secondary N) is 1. The Hall–Kier alpha value is -2.83. The van der Waals surface area contributed by atoms with Crippen LogP contribution in [0.1, 0.15) is 11.1 Å². The number of halogens is 1. The van der Waals surface area contributed by atoms with Gasteiger partial charge in [-0.1, -0.05) is 53.6 Å². The van der Waals surface area contributed by atoms with Gasteiger partial charge in [0.25, 0.3) is 10.0 Å². The average molecular weight is 429 g/mol. The first-order valence-corrected chi connectivity index (χ1v) is 10.8. The smallest absolute Gasteiger partial charge is 0.264 e. The minimum Gasteiger partial charge on any atom is -0.324 e. The summed E-state index contributed by atoms with van der Waals surface area (Å²) in [6.45, 7) is 3.30. The molecule has 5 nitrogen and oxygen atoms in total. The van der Waals surface area contributed by atoms with E-state index < -0.39 is 15.9 Å². The third-order valence-corrected chi connectivity index (χ3v) is 6.68. The van der Waals surface area contributed by atoms with Crippen molar-refractivity contribution in [1.82, 2.24) is 0 Å². The van der Waals surface area contributed by atoms with Crippen molar-refractivity contribution in [3.05, 3.63) is 88.9 Å². The van der Waals surface area contributed by atoms with Crippen LogP contribution in [0, 0.1) is 13.8 Å². The number of sulfonamides is 1. The van der Waals surface area contributed by atoms with Gasteiger partial charge in [-0.25, -0.2) is 8.42 Å². The van der Waals surface area contributed by atoms with Crippen molar-refractivity contribution in [1.29, 1.82) is 0 Å². The number of anilines is 2. The highest BCUT2D eigenvalue weighted by molar-refractivity contribution is 7.92. The number of amides is 1. The Bertz CT molecular complexity index is 1110. The molecule has 0 aliphatic heterocycles. The van der Waals surface area contributed by atoms with E-state index >= 15 is 0 Å². The van der Waals surface area contributed by atoms with E-state index in [1.165, 1.54) is 0 Å². The summed E-state index contributed by atoms with van der Waals surface area (Å²) in [5.41, 5.74) is 2.62. The Morgan fingerprint density at radius 3 is 2.24 bits per heavy atom. The highest BCUT2D eigenvalue weighted by Gasteiger charge is 2.27. The Morgan fingerprint density at radius 1 is 0.931 bits per heavy atom. The summed E-state index contributed by atoms with van der Waals surface area (Å²) in [6, 6.07) is 20.3. The van der Waals surface area contributed by atoms with Gasteiger partial charge in [-0.3, -0.25) is 9.10 Å². The van der Waals surface area contributed by atoms with E-state index in [1.807, 2.05) is 6.92 Å². The fraction of sp³-hybridized carbons (Fsp3) is 0.136. The summed E-state index contributed by atoms with van der Waals surface area (Å²) in [5.74, 6) is -0.463. The molecule has 3 aromatic rings. The Kier molecular flexibility index (Phi) is 6.25. The molecule has 0 aliphatic carbocycles. The lowest BCUT2D eigenvalue weighted by atomic mass is 10.2. The maximum atomic E-state index is 13.3. The van der Waals surface area contributed by atoms with Gasteiger partial charge in [0.2, 0.25) is 5.91 Å². The van der Waals surface area contributed by atoms with Crippen LogP contribution in [0.25, 0.3) is 0 Å². The van der Waals surface area contributed by atoms with Gasteiger partial charge >= 0.3 is 0 Å². The maximum absolute atomic E-state index is 13.3. The zero-order chi connectivity index (χ0) is 21.0. The molecule has 3 aromatic carbocycles. The SMILES string of the molecule is Cc1ccc(S(=O)(=O)N(CC(=O)Nc2cccc(Cl)c2C)c2ccccc2)cc1. The van der Waals surface area contributed by atoms with E-state index in [0.717, 1.165) is 15.4 Å². The average Bonchev–Trinajstić information content (AvgIpc) is 2.70. The van der Waals surface area contributed by atoms with Crippen LogP contribution >= 0.6 is 11.6 Å². The molecule has 0 fully saturated rings. The van der Waals surface area contributed by atoms with Crippen molar-refractivity contribution in [2.45, 2.75) is 18.7 Å². The predicted molar refractivity (Wildman–Crippen MR) is 117 cm³/mol. The van der Waals surface area contributed by atoms with Crippen LogP contribution in [-0.4, -0.2) is 20.9 Å². The van der Waals surface area contributed by atoms with Crippen LogP contribution in [0.2, 0.25) is 5.02 Å². The topological polar surface area (TPSA) is 66.5 Å². The minimum atomic E-state index is -3.93. The van der Waals surface area contributed by atoms with Gasteiger partial charge in [-0.05, 0) is 55.8 Å². The molecule has 0 saturated carbocycles. The molecule has 1 N–H and O–H groups in total. The van der Waals surface area contributed by atoms with Gasteiger partial charge < -0.3 is 5.32 Å². The van der Waals surface area contributed by atoms with Crippen LogP contribution in [0.15, 0.2) is 77.7 Å². The Labute approximate surface area is 176 Å². The maximum Gasteiger partial charge on any atom is 0.264 e. The molecule has 7 heteroatoms. The normalized spacial score (nSPS) is 11.1. The molecule has 150 valence electrons. The van der Waals surface area contributed by atoms with Gasteiger partial charge in [-0.2, -0.15) is 0 Å². The first-order valence-electron chi connectivity index (χ1n) is 8.98. The summed E-state index contributed by atoms with van der Waals surface area (Å²) >= 11 is 6.11.